The molecule has 1 aromatic rings. The number of likely N-dealkylation sites (N-methyl/N-ethyl adjacent to an activating group) is 1. The summed E-state index contributed by atoms with van der Waals surface area (Å²) in [5.41, 5.74) is 5.72. The maximum absolute atomic E-state index is 5.72. The van der Waals surface area contributed by atoms with Crippen LogP contribution in [-0.4, -0.2) is 73.3 Å². The van der Waals surface area contributed by atoms with E-state index in [9.17, 15) is 0 Å². The lowest BCUT2D eigenvalue weighted by molar-refractivity contribution is 0.00850. The van der Waals surface area contributed by atoms with E-state index < -0.39 is 0 Å². The van der Waals surface area contributed by atoms with Crippen LogP contribution >= 0.6 is 0 Å². The van der Waals surface area contributed by atoms with Gasteiger partial charge >= 0.3 is 0 Å². The Hall–Kier alpha value is -1.51. The Kier molecular flexibility index (Phi) is 5.05. The monoisotopic (exact) mass is 281 g/mol. The third-order valence-corrected chi connectivity index (χ3v) is 3.02. The number of aromatic nitrogens is 3. The summed E-state index contributed by atoms with van der Waals surface area (Å²) in [7, 11) is 5.78. The second-order valence-corrected chi connectivity index (χ2v) is 5.20. The fourth-order valence-electron chi connectivity index (χ4n) is 2.09. The number of anilines is 2. The Morgan fingerprint density at radius 1 is 1.30 bits per heavy atom. The van der Waals surface area contributed by atoms with Crippen molar-refractivity contribution < 1.29 is 4.74 Å². The van der Waals surface area contributed by atoms with E-state index in [1.807, 2.05) is 26.0 Å². The van der Waals surface area contributed by atoms with Crippen molar-refractivity contribution in [3.05, 3.63) is 5.82 Å². The van der Waals surface area contributed by atoms with Gasteiger partial charge in [0.1, 0.15) is 5.82 Å². The number of morpholine rings is 1. The molecule has 8 heteroatoms. The van der Waals surface area contributed by atoms with E-state index in [0.717, 1.165) is 26.2 Å². The molecule has 0 saturated carbocycles. The van der Waals surface area contributed by atoms with Crippen LogP contribution in [0.25, 0.3) is 0 Å². The number of nitrogen functional groups attached to an aromatic ring is 1. The Balaban J connectivity index is 1.94. The summed E-state index contributed by atoms with van der Waals surface area (Å²) < 4.78 is 5.68. The quantitative estimate of drug-likeness (QED) is 0.705. The predicted molar refractivity (Wildman–Crippen MR) is 77.5 cm³/mol. The van der Waals surface area contributed by atoms with Crippen molar-refractivity contribution in [2.45, 2.75) is 12.6 Å². The zero-order chi connectivity index (χ0) is 14.5. The van der Waals surface area contributed by atoms with Crippen LogP contribution < -0.4 is 16.0 Å². The lowest BCUT2D eigenvalue weighted by Crippen LogP contribution is -2.44. The van der Waals surface area contributed by atoms with Crippen molar-refractivity contribution in [1.29, 1.82) is 0 Å². The van der Waals surface area contributed by atoms with E-state index in [1.165, 1.54) is 0 Å². The Morgan fingerprint density at radius 2 is 2.10 bits per heavy atom. The van der Waals surface area contributed by atoms with E-state index in [-0.39, 0.29) is 12.1 Å². The van der Waals surface area contributed by atoms with Gasteiger partial charge < -0.3 is 20.7 Å². The third-order valence-electron chi connectivity index (χ3n) is 3.02. The zero-order valence-electron chi connectivity index (χ0n) is 12.3. The molecule has 0 aromatic carbocycles. The molecule has 1 unspecified atom stereocenters. The highest BCUT2D eigenvalue weighted by Gasteiger charge is 2.16. The minimum atomic E-state index is 0.209. The van der Waals surface area contributed by atoms with Crippen molar-refractivity contribution in [3.63, 3.8) is 0 Å². The van der Waals surface area contributed by atoms with Crippen LogP contribution in [0.3, 0.4) is 0 Å². The fraction of sp³-hybridized carbons (Fsp3) is 0.750. The summed E-state index contributed by atoms with van der Waals surface area (Å²) in [6, 6.07) is 0. The lowest BCUT2D eigenvalue weighted by Gasteiger charge is -2.27. The Bertz CT molecular complexity index is 434. The lowest BCUT2D eigenvalue weighted by atomic mass is 10.3. The van der Waals surface area contributed by atoms with Crippen LogP contribution in [0.15, 0.2) is 0 Å². The molecule has 0 aliphatic carbocycles. The van der Waals surface area contributed by atoms with E-state index in [1.54, 1.807) is 0 Å². The first-order valence-electron chi connectivity index (χ1n) is 6.73. The van der Waals surface area contributed by atoms with Crippen LogP contribution in [0.5, 0.6) is 0 Å². The largest absolute Gasteiger partial charge is 0.374 e. The smallest absolute Gasteiger partial charge is 0.229 e. The first-order valence-corrected chi connectivity index (χ1v) is 6.73. The molecule has 1 atom stereocenters. The highest BCUT2D eigenvalue weighted by molar-refractivity contribution is 5.32. The van der Waals surface area contributed by atoms with E-state index in [0.29, 0.717) is 18.3 Å². The van der Waals surface area contributed by atoms with E-state index in [4.69, 9.17) is 10.5 Å². The summed E-state index contributed by atoms with van der Waals surface area (Å²) in [6.45, 7) is 4.02. The van der Waals surface area contributed by atoms with Gasteiger partial charge in [-0.3, -0.25) is 4.90 Å². The van der Waals surface area contributed by atoms with Gasteiger partial charge in [0.15, 0.2) is 0 Å². The van der Waals surface area contributed by atoms with Gasteiger partial charge in [0.2, 0.25) is 11.9 Å². The minimum Gasteiger partial charge on any atom is -0.374 e. The number of rotatable bonds is 5. The molecule has 0 amide bonds. The Labute approximate surface area is 119 Å². The fourth-order valence-corrected chi connectivity index (χ4v) is 2.09. The van der Waals surface area contributed by atoms with E-state index >= 15 is 0 Å². The minimum absolute atomic E-state index is 0.209. The molecule has 112 valence electrons. The number of nitrogens with two attached hydrogens (primary N) is 1. The van der Waals surface area contributed by atoms with Gasteiger partial charge in [-0.2, -0.15) is 15.0 Å². The SMILES string of the molecule is CN(Cc1nc(N)nc(N(C)C)n1)CC1CNCCO1. The number of hydrogen-bond donors (Lipinski definition) is 2. The normalized spacial score (nSPS) is 19.3. The van der Waals surface area contributed by atoms with Gasteiger partial charge in [-0.15, -0.1) is 0 Å². The molecule has 0 bridgehead atoms. The topological polar surface area (TPSA) is 92.4 Å². The molecule has 1 saturated heterocycles. The molecule has 1 aliphatic heterocycles. The molecular formula is C12H23N7O. The second-order valence-electron chi connectivity index (χ2n) is 5.20. The number of hydrogen-bond acceptors (Lipinski definition) is 8. The summed E-state index contributed by atoms with van der Waals surface area (Å²) in [4.78, 5) is 16.6. The Morgan fingerprint density at radius 3 is 2.75 bits per heavy atom. The summed E-state index contributed by atoms with van der Waals surface area (Å²) in [6.07, 6.45) is 0.209. The van der Waals surface area contributed by atoms with Gasteiger partial charge in [-0.05, 0) is 7.05 Å². The van der Waals surface area contributed by atoms with Crippen LogP contribution in [0, 0.1) is 0 Å². The maximum Gasteiger partial charge on any atom is 0.229 e. The predicted octanol–water partition coefficient (Wildman–Crippen LogP) is -1.06. The molecule has 0 radical (unpaired) electrons. The summed E-state index contributed by atoms with van der Waals surface area (Å²) in [5.74, 6) is 1.51. The van der Waals surface area contributed by atoms with Crippen molar-refractivity contribution in [2.75, 3.05) is 58.0 Å². The maximum atomic E-state index is 5.72. The third kappa shape index (κ3) is 4.26. The van der Waals surface area contributed by atoms with Crippen molar-refractivity contribution >= 4 is 11.9 Å². The molecule has 20 heavy (non-hydrogen) atoms. The molecule has 3 N–H and O–H groups in total. The van der Waals surface area contributed by atoms with Crippen LogP contribution in [-0.2, 0) is 11.3 Å². The van der Waals surface area contributed by atoms with Gasteiger partial charge in [0.25, 0.3) is 0 Å². The highest BCUT2D eigenvalue weighted by atomic mass is 16.5. The molecule has 0 spiro atoms. The van der Waals surface area contributed by atoms with Gasteiger partial charge in [0.05, 0.1) is 19.3 Å². The molecule has 8 nitrogen and oxygen atoms in total. The average molecular weight is 281 g/mol. The van der Waals surface area contributed by atoms with E-state index in [2.05, 4.69) is 25.2 Å². The van der Waals surface area contributed by atoms with Crippen LogP contribution in [0.2, 0.25) is 0 Å². The van der Waals surface area contributed by atoms with Gasteiger partial charge in [-0.1, -0.05) is 0 Å². The van der Waals surface area contributed by atoms with Gasteiger partial charge in [0, 0.05) is 33.7 Å². The first-order chi connectivity index (χ1) is 9.54. The molecule has 1 aliphatic rings. The summed E-state index contributed by atoms with van der Waals surface area (Å²) in [5, 5.41) is 3.32. The van der Waals surface area contributed by atoms with Crippen LogP contribution in [0.1, 0.15) is 5.82 Å². The number of nitrogens with one attached hydrogen (secondary N) is 1. The molecule has 1 aromatic heterocycles. The van der Waals surface area contributed by atoms with Crippen LogP contribution in [0.4, 0.5) is 11.9 Å². The number of ether oxygens (including phenoxy) is 1. The van der Waals surface area contributed by atoms with Gasteiger partial charge in [-0.25, -0.2) is 0 Å². The molecule has 2 rings (SSSR count). The number of nitrogens with zero attached hydrogens (tertiary/aromatic N) is 5. The standard InChI is InChI=1S/C12H23N7O/c1-18(2)12-16-10(15-11(13)17-12)8-19(3)7-9-6-14-4-5-20-9/h9,14H,4-8H2,1-3H3,(H2,13,15,16,17). The highest BCUT2D eigenvalue weighted by Crippen LogP contribution is 2.08. The second kappa shape index (κ2) is 6.78. The molecule has 2 heterocycles. The van der Waals surface area contributed by atoms with Crippen molar-refractivity contribution in [1.82, 2.24) is 25.2 Å². The first kappa shape index (κ1) is 14.9. The summed E-state index contributed by atoms with van der Waals surface area (Å²) >= 11 is 0. The average Bonchev–Trinajstić information content (AvgIpc) is 2.38. The zero-order valence-corrected chi connectivity index (χ0v) is 12.3. The molecular weight excluding hydrogens is 258 g/mol. The van der Waals surface area contributed by atoms with Crippen molar-refractivity contribution in [3.8, 4) is 0 Å². The van der Waals surface area contributed by atoms with Crippen molar-refractivity contribution in [2.24, 2.45) is 0 Å². The molecule has 1 fully saturated rings.